The molecule has 5 nitrogen and oxygen atoms in total. The van der Waals surface area contributed by atoms with E-state index in [1.807, 2.05) is 13.1 Å². The van der Waals surface area contributed by atoms with E-state index in [0.29, 0.717) is 18.5 Å². The maximum Gasteiger partial charge on any atom is 0.0503 e. The van der Waals surface area contributed by atoms with Crippen LogP contribution in [0.2, 0.25) is 0 Å². The van der Waals surface area contributed by atoms with Crippen molar-refractivity contribution in [1.29, 1.82) is 5.41 Å². The molecule has 5 heteroatoms. The zero-order valence-corrected chi connectivity index (χ0v) is 21.9. The van der Waals surface area contributed by atoms with E-state index in [9.17, 15) is 0 Å². The predicted octanol–water partition coefficient (Wildman–Crippen LogP) is 5.69. The second kappa shape index (κ2) is 15.1. The lowest BCUT2D eigenvalue weighted by Gasteiger charge is -2.30. The third-order valence-electron chi connectivity index (χ3n) is 7.33. The molecule has 0 radical (unpaired) electrons. The molecule has 0 aliphatic heterocycles. The largest absolute Gasteiger partial charge is 0.401 e. The fourth-order valence-corrected chi connectivity index (χ4v) is 5.32. The van der Waals surface area contributed by atoms with Crippen molar-refractivity contribution >= 4 is 11.9 Å². The third-order valence-corrected chi connectivity index (χ3v) is 7.33. The van der Waals surface area contributed by atoms with Crippen LogP contribution < -0.4 is 16.8 Å². The minimum atomic E-state index is 0.114. The standard InChI is InChI=1S/C29H49N5/c1-5-11-28(34-24-13-8-7-9-14-24)27(16-21(3)6-2)29(32)25-15-10-12-23(19-31)26(25)17-22(18-30)20-33-4/h6,10,12,18,21-22,24-25,30,33H,2,5,7-9,11,13-17,19-20,31-32H2,1,3-4H3. The van der Waals surface area contributed by atoms with Crippen molar-refractivity contribution in [1.82, 2.24) is 5.32 Å². The molecule has 0 aromatic heterocycles. The maximum atomic E-state index is 7.94. The molecular weight excluding hydrogens is 418 g/mol. The van der Waals surface area contributed by atoms with Crippen molar-refractivity contribution in [2.24, 2.45) is 34.2 Å². The predicted molar refractivity (Wildman–Crippen MR) is 149 cm³/mol. The van der Waals surface area contributed by atoms with Gasteiger partial charge in [-0.25, -0.2) is 0 Å². The third kappa shape index (κ3) is 8.06. The van der Waals surface area contributed by atoms with Crippen molar-refractivity contribution in [3.63, 3.8) is 0 Å². The van der Waals surface area contributed by atoms with Crippen molar-refractivity contribution in [2.45, 2.75) is 84.1 Å². The van der Waals surface area contributed by atoms with Crippen LogP contribution in [0.4, 0.5) is 0 Å². The first kappa shape index (κ1) is 28.3. The van der Waals surface area contributed by atoms with E-state index in [1.54, 1.807) is 6.21 Å². The number of nitrogens with two attached hydrogens (primary N) is 2. The molecule has 3 unspecified atom stereocenters. The summed E-state index contributed by atoms with van der Waals surface area (Å²) in [5, 5.41) is 11.2. The molecule has 0 aromatic carbocycles. The Morgan fingerprint density at radius 1 is 1.32 bits per heavy atom. The Labute approximate surface area is 208 Å². The van der Waals surface area contributed by atoms with Gasteiger partial charge in [-0.2, -0.15) is 0 Å². The molecule has 1 saturated carbocycles. The number of hydrogen-bond acceptors (Lipinski definition) is 5. The lowest BCUT2D eigenvalue weighted by Crippen LogP contribution is -2.28. The average molecular weight is 468 g/mol. The molecule has 0 bridgehead atoms. The fraction of sp³-hybridized carbons (Fsp3) is 0.655. The van der Waals surface area contributed by atoms with Crippen LogP contribution in [0.25, 0.3) is 0 Å². The van der Waals surface area contributed by atoms with Crippen LogP contribution in [0.15, 0.2) is 52.2 Å². The molecule has 190 valence electrons. The van der Waals surface area contributed by atoms with E-state index in [2.05, 4.69) is 37.9 Å². The highest BCUT2D eigenvalue weighted by Gasteiger charge is 2.28. The van der Waals surface area contributed by atoms with E-state index >= 15 is 0 Å². The highest BCUT2D eigenvalue weighted by molar-refractivity contribution is 6.01. The number of hydrogen-bond donors (Lipinski definition) is 4. The minimum Gasteiger partial charge on any atom is -0.401 e. The number of allylic oxidation sites excluding steroid dienone is 4. The molecule has 3 atom stereocenters. The number of rotatable bonds is 14. The molecule has 0 heterocycles. The molecule has 2 aliphatic carbocycles. The molecule has 0 spiro atoms. The Kier molecular flexibility index (Phi) is 12.6. The van der Waals surface area contributed by atoms with E-state index in [1.165, 1.54) is 54.5 Å². The molecule has 1 fully saturated rings. The highest BCUT2D eigenvalue weighted by atomic mass is 14.8. The summed E-state index contributed by atoms with van der Waals surface area (Å²) < 4.78 is 0. The van der Waals surface area contributed by atoms with E-state index < -0.39 is 0 Å². The van der Waals surface area contributed by atoms with E-state index in [0.717, 1.165) is 44.3 Å². The van der Waals surface area contributed by atoms with Gasteiger partial charge in [0.2, 0.25) is 0 Å². The Morgan fingerprint density at radius 2 is 2.06 bits per heavy atom. The summed E-state index contributed by atoms with van der Waals surface area (Å²) in [5.41, 5.74) is 19.2. The van der Waals surface area contributed by atoms with Crippen LogP contribution in [0, 0.1) is 23.2 Å². The van der Waals surface area contributed by atoms with Gasteiger partial charge in [0, 0.05) is 36.3 Å². The Bertz CT molecular complexity index is 782. The van der Waals surface area contributed by atoms with E-state index in [4.69, 9.17) is 21.9 Å². The molecular formula is C29H49N5. The Balaban J connectivity index is 2.55. The molecule has 2 aliphatic rings. The number of nitrogens with zero attached hydrogens (tertiary/aromatic N) is 1. The van der Waals surface area contributed by atoms with Crippen LogP contribution in [0.1, 0.15) is 78.1 Å². The smallest absolute Gasteiger partial charge is 0.0503 e. The monoisotopic (exact) mass is 467 g/mol. The molecule has 0 amide bonds. The summed E-state index contributed by atoms with van der Waals surface area (Å²) in [5.74, 6) is 0.578. The van der Waals surface area contributed by atoms with Crippen molar-refractivity contribution in [3.8, 4) is 0 Å². The lowest BCUT2D eigenvalue weighted by atomic mass is 9.77. The van der Waals surface area contributed by atoms with Gasteiger partial charge in [-0.3, -0.25) is 4.99 Å². The number of aliphatic imine (C=N–C) groups is 1. The molecule has 0 aromatic rings. The van der Waals surface area contributed by atoms with Gasteiger partial charge in [0.1, 0.15) is 0 Å². The quantitative estimate of drug-likeness (QED) is 0.195. The minimum absolute atomic E-state index is 0.114. The van der Waals surface area contributed by atoms with Crippen LogP contribution in [0.5, 0.6) is 0 Å². The first-order chi connectivity index (χ1) is 16.5. The average Bonchev–Trinajstić information content (AvgIpc) is 2.86. The highest BCUT2D eigenvalue weighted by Crippen LogP contribution is 2.36. The van der Waals surface area contributed by atoms with Crippen LogP contribution in [0.3, 0.4) is 0 Å². The van der Waals surface area contributed by atoms with Crippen molar-refractivity contribution < 1.29 is 0 Å². The summed E-state index contributed by atoms with van der Waals surface area (Å²) in [7, 11) is 1.94. The number of nitrogens with one attached hydrogen (secondary N) is 2. The van der Waals surface area contributed by atoms with Gasteiger partial charge >= 0.3 is 0 Å². The van der Waals surface area contributed by atoms with Gasteiger partial charge in [0.25, 0.3) is 0 Å². The normalized spacial score (nSPS) is 22.4. The summed E-state index contributed by atoms with van der Waals surface area (Å²) in [6.45, 7) is 9.76. The van der Waals surface area contributed by atoms with Gasteiger partial charge in [0.15, 0.2) is 0 Å². The second-order valence-electron chi connectivity index (χ2n) is 10.1. The van der Waals surface area contributed by atoms with Crippen LogP contribution in [-0.2, 0) is 0 Å². The molecule has 2 rings (SSSR count). The fourth-order valence-electron chi connectivity index (χ4n) is 5.32. The molecule has 6 N–H and O–H groups in total. The first-order valence-corrected chi connectivity index (χ1v) is 13.4. The topological polar surface area (TPSA) is 100 Å². The van der Waals surface area contributed by atoms with Crippen LogP contribution >= 0.6 is 0 Å². The molecule has 34 heavy (non-hydrogen) atoms. The Hall–Kier alpha value is -1.98. The summed E-state index contributed by atoms with van der Waals surface area (Å²) >= 11 is 0. The van der Waals surface area contributed by atoms with Crippen molar-refractivity contribution in [3.05, 3.63) is 47.2 Å². The van der Waals surface area contributed by atoms with Gasteiger partial charge in [-0.15, -0.1) is 6.58 Å². The van der Waals surface area contributed by atoms with Gasteiger partial charge < -0.3 is 22.2 Å². The second-order valence-corrected chi connectivity index (χ2v) is 10.1. The van der Waals surface area contributed by atoms with Gasteiger partial charge in [0.05, 0.1) is 6.04 Å². The Morgan fingerprint density at radius 3 is 2.65 bits per heavy atom. The van der Waals surface area contributed by atoms with E-state index in [-0.39, 0.29) is 11.8 Å². The SMILES string of the molecule is C=CC(C)CC(C(CCC)=NC1CCCCC1)=C(N)C1CC=CC(CN)=C1CC(C=N)CNC. The van der Waals surface area contributed by atoms with Gasteiger partial charge in [-0.1, -0.05) is 63.3 Å². The maximum absolute atomic E-state index is 7.94. The summed E-state index contributed by atoms with van der Waals surface area (Å²) in [6, 6.07) is 0.427. The van der Waals surface area contributed by atoms with Crippen molar-refractivity contribution in [2.75, 3.05) is 20.1 Å². The van der Waals surface area contributed by atoms with Gasteiger partial charge in [-0.05, 0) is 68.9 Å². The molecule has 0 saturated heterocycles. The summed E-state index contributed by atoms with van der Waals surface area (Å²) in [6.07, 6.45) is 18.8. The van der Waals surface area contributed by atoms with Crippen LogP contribution in [-0.4, -0.2) is 38.1 Å². The summed E-state index contributed by atoms with van der Waals surface area (Å²) in [4.78, 5) is 5.34. The first-order valence-electron chi connectivity index (χ1n) is 13.4. The lowest BCUT2D eigenvalue weighted by molar-refractivity contribution is 0.442. The zero-order chi connectivity index (χ0) is 24.9. The zero-order valence-electron chi connectivity index (χ0n) is 21.9.